The summed E-state index contributed by atoms with van der Waals surface area (Å²) in [7, 11) is 0. The van der Waals surface area contributed by atoms with Gasteiger partial charge in [-0.3, -0.25) is 0 Å². The van der Waals surface area contributed by atoms with Crippen LogP contribution in [0.3, 0.4) is 0 Å². The van der Waals surface area contributed by atoms with Crippen molar-refractivity contribution < 1.29 is 9.47 Å². The van der Waals surface area contributed by atoms with Gasteiger partial charge in [-0.1, -0.05) is 32.4 Å². The Labute approximate surface area is 93.7 Å². The maximum atomic E-state index is 5.38. The Balaban J connectivity index is 1.98. The fourth-order valence-electron chi connectivity index (χ4n) is 1.78. The maximum Gasteiger partial charge on any atom is 0.158 e. The standard InChI is InChI=1S/C13H24O2/c1-11(2)5-4-6-12(3)7-8-13-14-9-10-15-13/h11,13H,3-10H2,1-2H3. The van der Waals surface area contributed by atoms with Crippen molar-refractivity contribution in [3.63, 3.8) is 0 Å². The van der Waals surface area contributed by atoms with E-state index in [-0.39, 0.29) is 6.29 Å². The van der Waals surface area contributed by atoms with Crippen molar-refractivity contribution in [2.45, 2.75) is 52.2 Å². The number of rotatable bonds is 7. The second-order valence-electron chi connectivity index (χ2n) is 4.75. The summed E-state index contributed by atoms with van der Waals surface area (Å²) in [6, 6.07) is 0. The molecule has 0 saturated carbocycles. The van der Waals surface area contributed by atoms with Gasteiger partial charge in [0.2, 0.25) is 0 Å². The molecule has 0 bridgehead atoms. The lowest BCUT2D eigenvalue weighted by Gasteiger charge is -2.10. The van der Waals surface area contributed by atoms with Crippen molar-refractivity contribution >= 4 is 0 Å². The first-order valence-electron chi connectivity index (χ1n) is 6.08. The molecule has 0 amide bonds. The largest absolute Gasteiger partial charge is 0.350 e. The molecule has 0 aromatic heterocycles. The molecule has 0 aromatic rings. The van der Waals surface area contributed by atoms with Gasteiger partial charge in [-0.05, 0) is 25.2 Å². The summed E-state index contributed by atoms with van der Waals surface area (Å²) in [5.41, 5.74) is 1.34. The van der Waals surface area contributed by atoms with Gasteiger partial charge in [0.1, 0.15) is 0 Å². The molecule has 0 spiro atoms. The van der Waals surface area contributed by atoms with Crippen LogP contribution in [0.4, 0.5) is 0 Å². The van der Waals surface area contributed by atoms with E-state index in [4.69, 9.17) is 9.47 Å². The minimum atomic E-state index is 0.0341. The van der Waals surface area contributed by atoms with E-state index in [1.54, 1.807) is 0 Å². The zero-order valence-electron chi connectivity index (χ0n) is 10.1. The molecule has 1 saturated heterocycles. The molecule has 1 heterocycles. The van der Waals surface area contributed by atoms with E-state index in [0.29, 0.717) is 0 Å². The smallest absolute Gasteiger partial charge is 0.158 e. The highest BCUT2D eigenvalue weighted by Crippen LogP contribution is 2.18. The Hall–Kier alpha value is -0.340. The van der Waals surface area contributed by atoms with Crippen LogP contribution >= 0.6 is 0 Å². The molecule has 1 fully saturated rings. The lowest BCUT2D eigenvalue weighted by Crippen LogP contribution is -2.07. The third-order valence-electron chi connectivity index (χ3n) is 2.74. The van der Waals surface area contributed by atoms with Gasteiger partial charge in [0.05, 0.1) is 13.2 Å². The van der Waals surface area contributed by atoms with E-state index in [1.165, 1.54) is 18.4 Å². The Bertz CT molecular complexity index is 181. The number of ether oxygens (including phenoxy) is 2. The quantitative estimate of drug-likeness (QED) is 0.601. The molecular formula is C13H24O2. The van der Waals surface area contributed by atoms with Gasteiger partial charge in [0.15, 0.2) is 6.29 Å². The van der Waals surface area contributed by atoms with Gasteiger partial charge in [0.25, 0.3) is 0 Å². The molecule has 0 radical (unpaired) electrons. The van der Waals surface area contributed by atoms with Crippen LogP contribution in [0.2, 0.25) is 0 Å². The van der Waals surface area contributed by atoms with Crippen LogP contribution in [-0.2, 0) is 9.47 Å². The minimum absolute atomic E-state index is 0.0341. The van der Waals surface area contributed by atoms with E-state index in [9.17, 15) is 0 Å². The molecular weight excluding hydrogens is 188 g/mol. The fraction of sp³-hybridized carbons (Fsp3) is 0.846. The molecule has 0 atom stereocenters. The molecule has 0 unspecified atom stereocenters. The highest BCUT2D eigenvalue weighted by molar-refractivity contribution is 4.93. The van der Waals surface area contributed by atoms with Crippen molar-refractivity contribution in [3.8, 4) is 0 Å². The summed E-state index contributed by atoms with van der Waals surface area (Å²) >= 11 is 0. The summed E-state index contributed by atoms with van der Waals surface area (Å²) in [5, 5.41) is 0. The predicted molar refractivity (Wildman–Crippen MR) is 62.8 cm³/mol. The van der Waals surface area contributed by atoms with Crippen molar-refractivity contribution in [1.29, 1.82) is 0 Å². The summed E-state index contributed by atoms with van der Waals surface area (Å²) in [5.74, 6) is 0.805. The Morgan fingerprint density at radius 1 is 1.27 bits per heavy atom. The number of allylic oxidation sites excluding steroid dienone is 1. The Kier molecular flexibility index (Phi) is 5.96. The average Bonchev–Trinajstić information content (AvgIpc) is 2.66. The van der Waals surface area contributed by atoms with Crippen molar-refractivity contribution in [2.75, 3.05) is 13.2 Å². The lowest BCUT2D eigenvalue weighted by molar-refractivity contribution is -0.0462. The molecule has 0 aromatic carbocycles. The summed E-state index contributed by atoms with van der Waals surface area (Å²) in [4.78, 5) is 0. The highest BCUT2D eigenvalue weighted by Gasteiger charge is 2.15. The van der Waals surface area contributed by atoms with Gasteiger partial charge in [-0.15, -0.1) is 0 Å². The Morgan fingerprint density at radius 2 is 1.93 bits per heavy atom. The molecule has 1 rings (SSSR count). The summed E-state index contributed by atoms with van der Waals surface area (Å²) in [6.45, 7) is 10.1. The number of hydrogen-bond acceptors (Lipinski definition) is 2. The normalized spacial score (nSPS) is 17.5. The van der Waals surface area contributed by atoms with E-state index < -0.39 is 0 Å². The van der Waals surface area contributed by atoms with Crippen LogP contribution in [0.25, 0.3) is 0 Å². The maximum absolute atomic E-state index is 5.38. The van der Waals surface area contributed by atoms with Gasteiger partial charge < -0.3 is 9.47 Å². The SMILES string of the molecule is C=C(CCCC(C)C)CCC1OCCO1. The van der Waals surface area contributed by atoms with E-state index in [1.807, 2.05) is 0 Å². The Morgan fingerprint density at radius 3 is 2.53 bits per heavy atom. The van der Waals surface area contributed by atoms with E-state index in [2.05, 4.69) is 20.4 Å². The molecule has 2 nitrogen and oxygen atoms in total. The third kappa shape index (κ3) is 5.95. The second kappa shape index (κ2) is 7.02. The molecule has 88 valence electrons. The lowest BCUT2D eigenvalue weighted by atomic mass is 10.0. The molecule has 0 aliphatic carbocycles. The number of hydrogen-bond donors (Lipinski definition) is 0. The molecule has 15 heavy (non-hydrogen) atoms. The van der Waals surface area contributed by atoms with Crippen LogP contribution in [0.1, 0.15) is 46.0 Å². The summed E-state index contributed by atoms with van der Waals surface area (Å²) < 4.78 is 10.8. The topological polar surface area (TPSA) is 18.5 Å². The van der Waals surface area contributed by atoms with Crippen molar-refractivity contribution in [1.82, 2.24) is 0 Å². The van der Waals surface area contributed by atoms with Crippen LogP contribution in [0, 0.1) is 5.92 Å². The van der Waals surface area contributed by atoms with Crippen molar-refractivity contribution in [2.24, 2.45) is 5.92 Å². The molecule has 0 N–H and O–H groups in total. The zero-order valence-corrected chi connectivity index (χ0v) is 10.1. The van der Waals surface area contributed by atoms with Crippen LogP contribution in [0.5, 0.6) is 0 Å². The molecule has 1 aliphatic heterocycles. The van der Waals surface area contributed by atoms with Crippen LogP contribution in [-0.4, -0.2) is 19.5 Å². The fourth-order valence-corrected chi connectivity index (χ4v) is 1.78. The monoisotopic (exact) mass is 212 g/mol. The third-order valence-corrected chi connectivity index (χ3v) is 2.74. The summed E-state index contributed by atoms with van der Waals surface area (Å²) in [6.07, 6.45) is 5.78. The molecule has 1 aliphatic rings. The van der Waals surface area contributed by atoms with Gasteiger partial charge in [-0.2, -0.15) is 0 Å². The van der Waals surface area contributed by atoms with Crippen LogP contribution in [0.15, 0.2) is 12.2 Å². The zero-order chi connectivity index (χ0) is 11.1. The minimum Gasteiger partial charge on any atom is -0.350 e. The van der Waals surface area contributed by atoms with E-state index >= 15 is 0 Å². The van der Waals surface area contributed by atoms with E-state index in [0.717, 1.165) is 38.4 Å². The predicted octanol–water partition coefficient (Wildman–Crippen LogP) is 3.52. The second-order valence-corrected chi connectivity index (χ2v) is 4.75. The van der Waals surface area contributed by atoms with Gasteiger partial charge in [-0.25, -0.2) is 0 Å². The van der Waals surface area contributed by atoms with Gasteiger partial charge in [0, 0.05) is 6.42 Å². The first kappa shape index (κ1) is 12.7. The first-order valence-corrected chi connectivity index (χ1v) is 6.08. The average molecular weight is 212 g/mol. The first-order chi connectivity index (χ1) is 7.18. The van der Waals surface area contributed by atoms with Crippen LogP contribution < -0.4 is 0 Å². The van der Waals surface area contributed by atoms with Gasteiger partial charge >= 0.3 is 0 Å². The van der Waals surface area contributed by atoms with Crippen molar-refractivity contribution in [3.05, 3.63) is 12.2 Å². The highest BCUT2D eigenvalue weighted by atomic mass is 16.7. The molecule has 2 heteroatoms.